The van der Waals surface area contributed by atoms with Crippen LogP contribution in [0.25, 0.3) is 0 Å². The zero-order chi connectivity index (χ0) is 15.0. The lowest BCUT2D eigenvalue weighted by molar-refractivity contribution is 0.293. The van der Waals surface area contributed by atoms with E-state index in [4.69, 9.17) is 5.84 Å². The predicted octanol–water partition coefficient (Wildman–Crippen LogP) is 0.982. The number of hydrazine groups is 1. The first-order valence-corrected chi connectivity index (χ1v) is 8.30. The molecule has 6 nitrogen and oxygen atoms in total. The molecule has 0 atom stereocenters. The van der Waals surface area contributed by atoms with Gasteiger partial charge in [0.05, 0.1) is 4.90 Å². The number of nitrogen functional groups attached to an aromatic ring is 1. The third-order valence-electron chi connectivity index (χ3n) is 3.04. The molecule has 0 radical (unpaired) electrons. The number of anilines is 1. The van der Waals surface area contributed by atoms with E-state index >= 15 is 0 Å². The van der Waals surface area contributed by atoms with Crippen molar-refractivity contribution >= 4 is 15.7 Å². The molecule has 0 unspecified atom stereocenters. The molecule has 7 heteroatoms. The Morgan fingerprint density at radius 2 is 1.80 bits per heavy atom. The summed E-state index contributed by atoms with van der Waals surface area (Å²) in [6, 6.07) is 6.32. The predicted molar refractivity (Wildman–Crippen MR) is 81.8 cm³/mol. The quantitative estimate of drug-likeness (QED) is 0.467. The number of nitrogens with two attached hydrogens (primary N) is 1. The highest BCUT2D eigenvalue weighted by Gasteiger charge is 2.13. The summed E-state index contributed by atoms with van der Waals surface area (Å²) in [5, 5.41) is 0. The molecule has 0 spiro atoms. The van der Waals surface area contributed by atoms with E-state index in [0.29, 0.717) is 18.8 Å². The first kappa shape index (κ1) is 16.9. The molecule has 0 fully saturated rings. The van der Waals surface area contributed by atoms with E-state index in [1.165, 1.54) is 12.1 Å². The van der Waals surface area contributed by atoms with Gasteiger partial charge in [-0.05, 0) is 43.8 Å². The fraction of sp³-hybridized carbons (Fsp3) is 0.538. The first-order valence-electron chi connectivity index (χ1n) is 6.82. The number of nitrogens with zero attached hydrogens (tertiary/aromatic N) is 1. The van der Waals surface area contributed by atoms with Crippen LogP contribution in [0.4, 0.5) is 5.69 Å². The number of sulfonamides is 1. The van der Waals surface area contributed by atoms with Crippen LogP contribution in [0, 0.1) is 0 Å². The molecule has 0 aliphatic rings. The van der Waals surface area contributed by atoms with E-state index in [2.05, 4.69) is 28.9 Å². The molecule has 0 bridgehead atoms. The summed E-state index contributed by atoms with van der Waals surface area (Å²) in [5.41, 5.74) is 3.13. The molecule has 20 heavy (non-hydrogen) atoms. The normalized spacial score (nSPS) is 11.8. The maximum Gasteiger partial charge on any atom is 0.240 e. The second-order valence-corrected chi connectivity index (χ2v) is 6.27. The Kier molecular flexibility index (Phi) is 6.94. The summed E-state index contributed by atoms with van der Waals surface area (Å²) < 4.78 is 26.8. The standard InChI is InChI=1S/C13H24N4O2S/c1-3-10-17(4-2)11-9-15-20(18,19)13-7-5-12(16-14)6-8-13/h5-8,15-16H,3-4,9-11,14H2,1-2H3. The van der Waals surface area contributed by atoms with Crippen LogP contribution < -0.4 is 16.0 Å². The Morgan fingerprint density at radius 1 is 1.15 bits per heavy atom. The van der Waals surface area contributed by atoms with E-state index in [-0.39, 0.29) is 4.90 Å². The lowest BCUT2D eigenvalue weighted by atomic mass is 10.3. The lowest BCUT2D eigenvalue weighted by Crippen LogP contribution is -2.35. The minimum atomic E-state index is -3.45. The Bertz CT molecular complexity index is 488. The van der Waals surface area contributed by atoms with Gasteiger partial charge < -0.3 is 10.3 Å². The van der Waals surface area contributed by atoms with Gasteiger partial charge in [-0.3, -0.25) is 5.84 Å². The van der Waals surface area contributed by atoms with Crippen molar-refractivity contribution in [2.45, 2.75) is 25.2 Å². The first-order chi connectivity index (χ1) is 9.53. The number of nitrogens with one attached hydrogen (secondary N) is 2. The number of benzene rings is 1. The van der Waals surface area contributed by atoms with Gasteiger partial charge in [0, 0.05) is 18.8 Å². The highest BCUT2D eigenvalue weighted by atomic mass is 32.2. The largest absolute Gasteiger partial charge is 0.324 e. The van der Waals surface area contributed by atoms with Gasteiger partial charge in [-0.25, -0.2) is 13.1 Å². The Balaban J connectivity index is 2.56. The molecule has 0 heterocycles. The van der Waals surface area contributed by atoms with Crippen LogP contribution in [0.5, 0.6) is 0 Å². The molecule has 0 aliphatic carbocycles. The molecular weight excluding hydrogens is 276 g/mol. The lowest BCUT2D eigenvalue weighted by Gasteiger charge is -2.19. The third kappa shape index (κ3) is 5.09. The molecule has 1 aromatic rings. The minimum Gasteiger partial charge on any atom is -0.324 e. The number of rotatable bonds is 9. The summed E-state index contributed by atoms with van der Waals surface area (Å²) in [7, 11) is -3.45. The van der Waals surface area contributed by atoms with Crippen molar-refractivity contribution in [1.82, 2.24) is 9.62 Å². The highest BCUT2D eigenvalue weighted by molar-refractivity contribution is 7.89. The van der Waals surface area contributed by atoms with Gasteiger partial charge >= 0.3 is 0 Å². The SMILES string of the molecule is CCCN(CC)CCNS(=O)(=O)c1ccc(NN)cc1. The molecule has 4 N–H and O–H groups in total. The third-order valence-corrected chi connectivity index (χ3v) is 4.52. The van der Waals surface area contributed by atoms with E-state index in [1.54, 1.807) is 12.1 Å². The Labute approximate surface area is 121 Å². The van der Waals surface area contributed by atoms with Crippen LogP contribution in [0.2, 0.25) is 0 Å². The fourth-order valence-electron chi connectivity index (χ4n) is 1.90. The molecule has 0 aliphatic heterocycles. The van der Waals surface area contributed by atoms with Crippen molar-refractivity contribution in [3.8, 4) is 0 Å². The van der Waals surface area contributed by atoms with Crippen molar-refractivity contribution in [2.75, 3.05) is 31.6 Å². The van der Waals surface area contributed by atoms with E-state index in [0.717, 1.165) is 19.5 Å². The maximum atomic E-state index is 12.1. The molecular formula is C13H24N4O2S. The van der Waals surface area contributed by atoms with Crippen LogP contribution in [0.1, 0.15) is 20.3 Å². The monoisotopic (exact) mass is 300 g/mol. The molecule has 0 saturated carbocycles. The van der Waals surface area contributed by atoms with Crippen LogP contribution in [-0.2, 0) is 10.0 Å². The van der Waals surface area contributed by atoms with E-state index < -0.39 is 10.0 Å². The van der Waals surface area contributed by atoms with Gasteiger partial charge in [0.15, 0.2) is 0 Å². The van der Waals surface area contributed by atoms with Crippen LogP contribution in [0.3, 0.4) is 0 Å². The summed E-state index contributed by atoms with van der Waals surface area (Å²) in [6.45, 7) is 7.21. The zero-order valence-electron chi connectivity index (χ0n) is 12.1. The zero-order valence-corrected chi connectivity index (χ0v) is 12.9. The average molecular weight is 300 g/mol. The summed E-state index contributed by atoms with van der Waals surface area (Å²) in [5.74, 6) is 5.25. The second kappa shape index (κ2) is 8.21. The van der Waals surface area contributed by atoms with Crippen molar-refractivity contribution in [2.24, 2.45) is 5.84 Å². The minimum absolute atomic E-state index is 0.245. The van der Waals surface area contributed by atoms with E-state index in [9.17, 15) is 8.42 Å². The summed E-state index contributed by atoms with van der Waals surface area (Å²) in [4.78, 5) is 2.46. The molecule has 0 saturated heterocycles. The van der Waals surface area contributed by atoms with Crippen molar-refractivity contribution < 1.29 is 8.42 Å². The highest BCUT2D eigenvalue weighted by Crippen LogP contribution is 2.12. The van der Waals surface area contributed by atoms with Crippen LogP contribution in [0.15, 0.2) is 29.2 Å². The molecule has 1 aromatic carbocycles. The molecule has 0 amide bonds. The van der Waals surface area contributed by atoms with E-state index in [1.807, 2.05) is 0 Å². The van der Waals surface area contributed by atoms with Crippen molar-refractivity contribution in [3.05, 3.63) is 24.3 Å². The number of hydrogen-bond acceptors (Lipinski definition) is 5. The second-order valence-electron chi connectivity index (χ2n) is 4.50. The fourth-order valence-corrected chi connectivity index (χ4v) is 2.92. The van der Waals surface area contributed by atoms with Crippen LogP contribution >= 0.6 is 0 Å². The van der Waals surface area contributed by atoms with Crippen molar-refractivity contribution in [3.63, 3.8) is 0 Å². The van der Waals surface area contributed by atoms with Gasteiger partial charge in [0.1, 0.15) is 0 Å². The summed E-state index contributed by atoms with van der Waals surface area (Å²) in [6.07, 6.45) is 1.06. The topological polar surface area (TPSA) is 87.5 Å². The van der Waals surface area contributed by atoms with Gasteiger partial charge in [-0.1, -0.05) is 13.8 Å². The maximum absolute atomic E-state index is 12.1. The van der Waals surface area contributed by atoms with Gasteiger partial charge in [0.2, 0.25) is 10.0 Å². The summed E-state index contributed by atoms with van der Waals surface area (Å²) >= 11 is 0. The number of hydrogen-bond donors (Lipinski definition) is 3. The average Bonchev–Trinajstić information content (AvgIpc) is 2.46. The molecule has 1 rings (SSSR count). The van der Waals surface area contributed by atoms with Gasteiger partial charge in [0.25, 0.3) is 0 Å². The van der Waals surface area contributed by atoms with Gasteiger partial charge in [-0.15, -0.1) is 0 Å². The van der Waals surface area contributed by atoms with Crippen LogP contribution in [-0.4, -0.2) is 39.5 Å². The number of likely N-dealkylation sites (N-methyl/N-ethyl adjacent to an activating group) is 1. The Morgan fingerprint density at radius 3 is 2.30 bits per heavy atom. The Hall–Kier alpha value is -1.15. The smallest absolute Gasteiger partial charge is 0.240 e. The molecule has 114 valence electrons. The van der Waals surface area contributed by atoms with Crippen molar-refractivity contribution in [1.29, 1.82) is 0 Å². The van der Waals surface area contributed by atoms with Gasteiger partial charge in [-0.2, -0.15) is 0 Å². The molecule has 0 aromatic heterocycles.